The van der Waals surface area contributed by atoms with Crippen LogP contribution in [-0.4, -0.2) is 124 Å². The number of methoxy groups -OCH3 is 1. The van der Waals surface area contributed by atoms with E-state index < -0.39 is 91.0 Å². The number of aliphatic hydroxyl groups is 1. The molecule has 0 aromatic heterocycles. The maximum absolute atomic E-state index is 13.9. The van der Waals surface area contributed by atoms with E-state index >= 15 is 0 Å². The normalized spacial score (nSPS) is 33.4. The number of ether oxygens (including phenoxy) is 11. The van der Waals surface area contributed by atoms with E-state index in [4.69, 9.17) is 57.6 Å². The quantitative estimate of drug-likeness (QED) is 0.0280. The third-order valence-corrected chi connectivity index (χ3v) is 13.9. The molecule has 68 heavy (non-hydrogen) atoms. The van der Waals surface area contributed by atoms with Crippen molar-refractivity contribution in [2.75, 3.05) is 33.5 Å². The molecule has 2 aromatic rings. The average Bonchev–Trinajstić information content (AvgIpc) is 3.72. The molecule has 4 fully saturated rings. The lowest BCUT2D eigenvalue weighted by Crippen LogP contribution is -2.62. The largest absolute Gasteiger partial charge is 0.465 e. The molecule has 4 aliphatic rings. The van der Waals surface area contributed by atoms with Crippen LogP contribution in [0.5, 0.6) is 0 Å². The van der Waals surface area contributed by atoms with Crippen LogP contribution < -0.4 is 0 Å². The minimum Gasteiger partial charge on any atom is -0.465 e. The third-order valence-electron chi connectivity index (χ3n) is 13.9. The molecule has 0 saturated carbocycles. The van der Waals surface area contributed by atoms with E-state index in [0.29, 0.717) is 32.6 Å². The number of hydrogen-bond donors (Lipinski definition) is 1. The van der Waals surface area contributed by atoms with E-state index in [0.717, 1.165) is 24.0 Å². The SMILES string of the molecule is CC[C@@H](C)[C@@H](OC(C)=O)C1O[C@@](OCC2O[C@@H](O[C@@H]3C(COCc4ccccc4)O[C@@H](OCCCCCN=[N+]=[N-])C(OCc4ccccc4)[C@H]3C)C(C)[C@@H](C)[C@H]2O)(C(=O)OC)C[C@H]2OC(=O)C[C@@H]12. The Morgan fingerprint density at radius 3 is 2.25 bits per heavy atom. The van der Waals surface area contributed by atoms with E-state index in [1.807, 2.05) is 95.3 Å². The zero-order valence-electron chi connectivity index (χ0n) is 40.4. The van der Waals surface area contributed by atoms with Crippen LogP contribution in [0.3, 0.4) is 0 Å². The van der Waals surface area contributed by atoms with E-state index in [9.17, 15) is 19.5 Å². The maximum atomic E-state index is 13.9. The summed E-state index contributed by atoms with van der Waals surface area (Å²) in [5.74, 6) is -5.82. The molecule has 0 amide bonds. The van der Waals surface area contributed by atoms with Gasteiger partial charge in [0.25, 0.3) is 5.79 Å². The summed E-state index contributed by atoms with van der Waals surface area (Å²) < 4.78 is 69.6. The fraction of sp³-hybridized carbons (Fsp3) is 0.700. The molecule has 1 N–H and O–H groups in total. The fourth-order valence-electron chi connectivity index (χ4n) is 9.54. The van der Waals surface area contributed by atoms with Gasteiger partial charge in [-0.25, -0.2) is 4.79 Å². The monoisotopic (exact) mass is 953 g/mol. The molecular weight excluding hydrogens is 883 g/mol. The van der Waals surface area contributed by atoms with E-state index in [1.54, 1.807) is 0 Å². The van der Waals surface area contributed by atoms with E-state index in [-0.39, 0.29) is 56.3 Å². The summed E-state index contributed by atoms with van der Waals surface area (Å²) in [7, 11) is 1.20. The molecule has 376 valence electrons. The Balaban J connectivity index is 1.24. The zero-order chi connectivity index (χ0) is 48.8. The van der Waals surface area contributed by atoms with E-state index in [2.05, 4.69) is 10.0 Å². The lowest BCUT2D eigenvalue weighted by Gasteiger charge is -2.49. The van der Waals surface area contributed by atoms with Crippen LogP contribution >= 0.6 is 0 Å². The summed E-state index contributed by atoms with van der Waals surface area (Å²) in [5, 5.41) is 15.4. The highest BCUT2D eigenvalue weighted by atomic mass is 16.8. The maximum Gasteiger partial charge on any atom is 0.366 e. The Morgan fingerprint density at radius 2 is 1.59 bits per heavy atom. The second-order valence-corrected chi connectivity index (χ2v) is 18.6. The van der Waals surface area contributed by atoms with Gasteiger partial charge in [-0.1, -0.05) is 107 Å². The van der Waals surface area contributed by atoms with Gasteiger partial charge in [-0.15, -0.1) is 0 Å². The number of carbonyl (C=O) groups is 3. The first-order valence-electron chi connectivity index (χ1n) is 24.1. The van der Waals surface area contributed by atoms with Crippen LogP contribution in [0.15, 0.2) is 65.8 Å². The molecule has 4 heterocycles. The minimum atomic E-state index is -2.11. The van der Waals surface area contributed by atoms with Crippen molar-refractivity contribution in [3.05, 3.63) is 82.2 Å². The van der Waals surface area contributed by atoms with Crippen molar-refractivity contribution in [3.8, 4) is 0 Å². The number of hydrogen-bond acceptors (Lipinski definition) is 16. The summed E-state index contributed by atoms with van der Waals surface area (Å²) in [4.78, 5) is 41.9. The number of fused-ring (bicyclic) bond motifs is 1. The molecule has 16 atom stereocenters. The van der Waals surface area contributed by atoms with Gasteiger partial charge in [-0.3, -0.25) is 9.59 Å². The molecule has 5 unspecified atom stereocenters. The minimum absolute atomic E-state index is 0.00637. The molecule has 0 radical (unpaired) electrons. The summed E-state index contributed by atoms with van der Waals surface area (Å²) in [6, 6.07) is 19.6. The molecule has 18 nitrogen and oxygen atoms in total. The van der Waals surface area contributed by atoms with Gasteiger partial charge < -0.3 is 57.2 Å². The van der Waals surface area contributed by atoms with Gasteiger partial charge in [0.2, 0.25) is 0 Å². The third kappa shape index (κ3) is 13.6. The first-order valence-corrected chi connectivity index (χ1v) is 24.1. The van der Waals surface area contributed by atoms with Crippen molar-refractivity contribution in [2.45, 2.75) is 160 Å². The van der Waals surface area contributed by atoms with Crippen LogP contribution in [0.2, 0.25) is 0 Å². The number of aliphatic hydroxyl groups excluding tert-OH is 1. The summed E-state index contributed by atoms with van der Waals surface area (Å²) in [6.07, 6.45) is -5.65. The van der Waals surface area contributed by atoms with Crippen molar-refractivity contribution >= 4 is 17.9 Å². The Kier molecular flexibility index (Phi) is 20.0. The molecule has 4 aliphatic heterocycles. The van der Waals surface area contributed by atoms with Crippen LogP contribution in [-0.2, 0) is 79.7 Å². The Labute approximate surface area is 399 Å². The topological polar surface area (TPSA) is 222 Å². The van der Waals surface area contributed by atoms with Crippen molar-refractivity contribution in [1.82, 2.24) is 0 Å². The number of unbranched alkanes of at least 4 members (excludes halogenated alkanes) is 2. The van der Waals surface area contributed by atoms with Gasteiger partial charge in [0.05, 0.1) is 58.6 Å². The van der Waals surface area contributed by atoms with Gasteiger partial charge in [0.1, 0.15) is 36.6 Å². The van der Waals surface area contributed by atoms with Gasteiger partial charge in [0.15, 0.2) is 12.6 Å². The molecule has 0 aliphatic carbocycles. The Hall–Kier alpha value is -4.20. The van der Waals surface area contributed by atoms with Crippen molar-refractivity contribution in [1.29, 1.82) is 0 Å². The second-order valence-electron chi connectivity index (χ2n) is 18.6. The Bertz CT molecular complexity index is 1940. The van der Waals surface area contributed by atoms with Crippen molar-refractivity contribution in [2.24, 2.45) is 34.7 Å². The summed E-state index contributed by atoms with van der Waals surface area (Å²) in [5.41, 5.74) is 10.6. The molecule has 18 heteroatoms. The number of benzene rings is 2. The number of nitrogens with zero attached hydrogens (tertiary/aromatic N) is 3. The van der Waals surface area contributed by atoms with Gasteiger partial charge >= 0.3 is 17.9 Å². The number of azide groups is 1. The highest BCUT2D eigenvalue weighted by Gasteiger charge is 2.61. The van der Waals surface area contributed by atoms with Crippen LogP contribution in [0, 0.1) is 29.6 Å². The number of esters is 3. The molecule has 6 rings (SSSR count). The first kappa shape index (κ1) is 53.2. The van der Waals surface area contributed by atoms with Crippen molar-refractivity contribution in [3.63, 3.8) is 0 Å². The number of carbonyl (C=O) groups excluding carboxylic acids is 3. The Morgan fingerprint density at radius 1 is 0.897 bits per heavy atom. The van der Waals surface area contributed by atoms with Gasteiger partial charge in [0, 0.05) is 42.7 Å². The fourth-order valence-corrected chi connectivity index (χ4v) is 9.54. The van der Waals surface area contributed by atoms with Gasteiger partial charge in [-0.2, -0.15) is 0 Å². The molecule has 0 bridgehead atoms. The van der Waals surface area contributed by atoms with Crippen LogP contribution in [0.25, 0.3) is 10.4 Å². The molecule has 4 saturated heterocycles. The summed E-state index contributed by atoms with van der Waals surface area (Å²) in [6.45, 7) is 12.2. The lowest BCUT2D eigenvalue weighted by atomic mass is 9.80. The van der Waals surface area contributed by atoms with Gasteiger partial charge in [-0.05, 0) is 47.8 Å². The molecule has 0 spiro atoms. The molecular formula is C50H71N3O15. The average molecular weight is 954 g/mol. The van der Waals surface area contributed by atoms with Crippen LogP contribution in [0.1, 0.15) is 91.2 Å². The lowest BCUT2D eigenvalue weighted by molar-refractivity contribution is -0.356. The predicted molar refractivity (Wildman–Crippen MR) is 244 cm³/mol. The van der Waals surface area contributed by atoms with E-state index in [1.165, 1.54) is 14.0 Å². The van der Waals surface area contributed by atoms with Crippen molar-refractivity contribution < 1.29 is 71.6 Å². The first-order chi connectivity index (χ1) is 32.8. The molecule has 2 aromatic carbocycles. The zero-order valence-corrected chi connectivity index (χ0v) is 40.4. The predicted octanol–water partition coefficient (Wildman–Crippen LogP) is 6.97. The standard InChI is InChI=1S/C50H71N3O15/c1-8-30(2)43(63-34(6)54)46-37-24-41(55)64-38(37)25-50(68-46,49(57)58-7)62-29-39-42(56)31(3)32(4)47(65-39)67-44-33(5)45(61-27-36-20-14-10-15-21-36)48(60-23-17-11-16-22-52-53-51)66-40(44)28-59-26-35-18-12-9-13-19-35/h9-10,12-15,18-21,30-33,37-40,42-48,56H,8,11,16-17,22-29H2,1-7H3/t30-,31-,32?,33+,37-,38-,39?,40?,42-,43-,44+,45?,46?,47+,48-,50-/m1/s1. The smallest absolute Gasteiger partial charge is 0.366 e. The second kappa shape index (κ2) is 25.6. The number of rotatable bonds is 24. The highest BCUT2D eigenvalue weighted by Crippen LogP contribution is 2.45. The van der Waals surface area contributed by atoms with Crippen LogP contribution in [0.4, 0.5) is 0 Å². The summed E-state index contributed by atoms with van der Waals surface area (Å²) >= 11 is 0. The highest BCUT2D eigenvalue weighted by molar-refractivity contribution is 5.79.